The number of benzene rings is 2. The Morgan fingerprint density at radius 2 is 1.72 bits per heavy atom. The van der Waals surface area contributed by atoms with Gasteiger partial charge < -0.3 is 9.84 Å². The highest BCUT2D eigenvalue weighted by atomic mass is 32.2. The van der Waals surface area contributed by atoms with Gasteiger partial charge in [-0.05, 0) is 43.2 Å². The summed E-state index contributed by atoms with van der Waals surface area (Å²) in [6.45, 7) is 0. The van der Waals surface area contributed by atoms with Crippen molar-refractivity contribution in [3.8, 4) is 5.75 Å². The predicted molar refractivity (Wildman–Crippen MR) is 108 cm³/mol. The van der Waals surface area contributed by atoms with Crippen LogP contribution in [0.4, 0.5) is 5.69 Å². The van der Waals surface area contributed by atoms with Crippen molar-refractivity contribution >= 4 is 29.3 Å². The fraction of sp³-hybridized carbons (Fsp3) is 0.316. The molecule has 0 spiro atoms. The molecule has 3 rings (SSSR count). The van der Waals surface area contributed by atoms with Gasteiger partial charge in [-0.3, -0.25) is 14.6 Å². The van der Waals surface area contributed by atoms with Gasteiger partial charge in [0.25, 0.3) is 5.91 Å². The number of amides is 1. The molecule has 0 aliphatic heterocycles. The SMILES string of the molecule is O=C(Nc1ccccc1OP(=O)(O)O)c1cccc(S(=O)(=O)C2CCCCC2)c1. The number of carbonyl (C=O) groups is 1. The number of nitrogens with one attached hydrogen (secondary N) is 1. The maximum atomic E-state index is 12.9. The lowest BCUT2D eigenvalue weighted by Crippen LogP contribution is -2.24. The highest BCUT2D eigenvalue weighted by molar-refractivity contribution is 7.92. The minimum Gasteiger partial charge on any atom is -0.402 e. The van der Waals surface area contributed by atoms with Crippen LogP contribution in [0.25, 0.3) is 0 Å². The van der Waals surface area contributed by atoms with Gasteiger partial charge in [-0.15, -0.1) is 0 Å². The van der Waals surface area contributed by atoms with Crippen LogP contribution in [-0.4, -0.2) is 29.4 Å². The number of rotatable bonds is 6. The predicted octanol–water partition coefficient (Wildman–Crippen LogP) is 3.52. The van der Waals surface area contributed by atoms with Crippen molar-refractivity contribution in [2.24, 2.45) is 0 Å². The summed E-state index contributed by atoms with van der Waals surface area (Å²) in [6, 6.07) is 11.6. The first-order valence-electron chi connectivity index (χ1n) is 9.16. The molecule has 0 aromatic heterocycles. The Kier molecular flexibility index (Phi) is 6.43. The van der Waals surface area contributed by atoms with E-state index in [1.807, 2.05) is 0 Å². The van der Waals surface area contributed by atoms with Crippen molar-refractivity contribution < 1.29 is 32.1 Å². The monoisotopic (exact) mass is 439 g/mol. The molecule has 156 valence electrons. The molecule has 0 unspecified atom stereocenters. The van der Waals surface area contributed by atoms with E-state index < -0.39 is 28.8 Å². The molecule has 0 radical (unpaired) electrons. The zero-order valence-corrected chi connectivity index (χ0v) is 17.2. The fourth-order valence-corrected chi connectivity index (χ4v) is 5.67. The highest BCUT2D eigenvalue weighted by Gasteiger charge is 2.29. The quantitative estimate of drug-likeness (QED) is 0.587. The number of para-hydroxylation sites is 2. The summed E-state index contributed by atoms with van der Waals surface area (Å²) in [7, 11) is -8.34. The lowest BCUT2D eigenvalue weighted by Gasteiger charge is -2.22. The number of sulfone groups is 1. The number of carbonyl (C=O) groups excluding carboxylic acids is 1. The first-order chi connectivity index (χ1) is 13.7. The van der Waals surface area contributed by atoms with Crippen molar-refractivity contribution in [2.45, 2.75) is 42.2 Å². The first kappa shape index (κ1) is 21.5. The average molecular weight is 439 g/mol. The van der Waals surface area contributed by atoms with Crippen LogP contribution in [-0.2, 0) is 14.4 Å². The van der Waals surface area contributed by atoms with Crippen LogP contribution in [0.1, 0.15) is 42.5 Å². The molecule has 8 nitrogen and oxygen atoms in total. The van der Waals surface area contributed by atoms with Crippen LogP contribution >= 0.6 is 7.82 Å². The van der Waals surface area contributed by atoms with Gasteiger partial charge in [-0.2, -0.15) is 0 Å². The number of phosphoric acid groups is 1. The second kappa shape index (κ2) is 8.67. The van der Waals surface area contributed by atoms with Gasteiger partial charge in [0, 0.05) is 5.56 Å². The van der Waals surface area contributed by atoms with Gasteiger partial charge in [0.15, 0.2) is 15.6 Å². The standard InChI is InChI=1S/C19H22NO7PS/c21-19(20-17-11-4-5-12-18(17)27-28(22,23)24)14-7-6-10-16(13-14)29(25,26)15-8-2-1-3-9-15/h4-7,10-13,15H,1-3,8-9H2,(H,20,21)(H2,22,23,24). The molecule has 1 aliphatic rings. The van der Waals surface area contributed by atoms with E-state index in [1.54, 1.807) is 6.07 Å². The van der Waals surface area contributed by atoms with E-state index in [1.165, 1.54) is 42.5 Å². The molecule has 0 heterocycles. The topological polar surface area (TPSA) is 130 Å². The van der Waals surface area contributed by atoms with Crippen LogP contribution < -0.4 is 9.84 Å². The van der Waals surface area contributed by atoms with E-state index in [4.69, 9.17) is 9.79 Å². The molecule has 0 atom stereocenters. The van der Waals surface area contributed by atoms with Gasteiger partial charge in [0.1, 0.15) is 0 Å². The molecule has 1 aliphatic carbocycles. The molecule has 2 aromatic rings. The highest BCUT2D eigenvalue weighted by Crippen LogP contribution is 2.40. The van der Waals surface area contributed by atoms with Crippen LogP contribution in [0.3, 0.4) is 0 Å². The van der Waals surface area contributed by atoms with Gasteiger partial charge in [0.05, 0.1) is 15.8 Å². The smallest absolute Gasteiger partial charge is 0.402 e. The van der Waals surface area contributed by atoms with Crippen molar-refractivity contribution in [1.29, 1.82) is 0 Å². The molecular formula is C19H22NO7PS. The molecule has 10 heteroatoms. The number of phosphoric ester groups is 1. The maximum absolute atomic E-state index is 12.9. The van der Waals surface area contributed by atoms with Crippen molar-refractivity contribution in [2.75, 3.05) is 5.32 Å². The van der Waals surface area contributed by atoms with Crippen LogP contribution in [0, 0.1) is 0 Å². The fourth-order valence-electron chi connectivity index (χ4n) is 3.35. The molecule has 2 aromatic carbocycles. The molecule has 3 N–H and O–H groups in total. The lowest BCUT2D eigenvalue weighted by molar-refractivity contribution is 0.102. The molecule has 0 saturated heterocycles. The summed E-state index contributed by atoms with van der Waals surface area (Å²) in [4.78, 5) is 30.7. The van der Waals surface area contributed by atoms with Gasteiger partial charge in [-0.1, -0.05) is 37.5 Å². The van der Waals surface area contributed by atoms with Crippen LogP contribution in [0.15, 0.2) is 53.4 Å². The van der Waals surface area contributed by atoms with E-state index in [2.05, 4.69) is 9.84 Å². The second-order valence-corrected chi connectivity index (χ2v) is 10.3. The molecule has 1 fully saturated rings. The van der Waals surface area contributed by atoms with Crippen LogP contribution in [0.2, 0.25) is 0 Å². The molecular weight excluding hydrogens is 417 g/mol. The Balaban J connectivity index is 1.83. The summed E-state index contributed by atoms with van der Waals surface area (Å²) in [6.07, 6.45) is 4.02. The largest absolute Gasteiger partial charge is 0.524 e. The Morgan fingerprint density at radius 1 is 1.03 bits per heavy atom. The normalized spacial score (nSPS) is 15.7. The summed E-state index contributed by atoms with van der Waals surface area (Å²) in [5.41, 5.74) is 0.175. The molecule has 0 bridgehead atoms. The van der Waals surface area contributed by atoms with Crippen molar-refractivity contribution in [1.82, 2.24) is 0 Å². The molecule has 1 amide bonds. The van der Waals surface area contributed by atoms with Crippen LogP contribution in [0.5, 0.6) is 5.75 Å². The van der Waals surface area contributed by atoms with E-state index in [0.29, 0.717) is 12.8 Å². The Labute approximate surface area is 169 Å². The van der Waals surface area contributed by atoms with E-state index in [-0.39, 0.29) is 21.9 Å². The summed E-state index contributed by atoms with van der Waals surface area (Å²) in [5.74, 6) is -0.812. The Bertz CT molecular complexity index is 1040. The Morgan fingerprint density at radius 3 is 2.41 bits per heavy atom. The molecule has 1 saturated carbocycles. The number of hydrogen-bond donors (Lipinski definition) is 3. The average Bonchev–Trinajstić information content (AvgIpc) is 2.69. The van der Waals surface area contributed by atoms with Gasteiger partial charge >= 0.3 is 7.82 Å². The van der Waals surface area contributed by atoms with Gasteiger partial charge in [-0.25, -0.2) is 13.0 Å². The number of anilines is 1. The zero-order valence-electron chi connectivity index (χ0n) is 15.5. The summed E-state index contributed by atoms with van der Waals surface area (Å²) >= 11 is 0. The minimum atomic E-state index is -4.81. The maximum Gasteiger partial charge on any atom is 0.524 e. The van der Waals surface area contributed by atoms with Gasteiger partial charge in [0.2, 0.25) is 0 Å². The van der Waals surface area contributed by atoms with E-state index in [9.17, 15) is 17.8 Å². The Hall–Kier alpha value is -2.19. The van der Waals surface area contributed by atoms with E-state index in [0.717, 1.165) is 19.3 Å². The molecule has 29 heavy (non-hydrogen) atoms. The summed E-state index contributed by atoms with van der Waals surface area (Å²) in [5, 5.41) is 2.07. The third kappa shape index (κ3) is 5.45. The second-order valence-electron chi connectivity index (χ2n) is 6.87. The zero-order chi connectivity index (χ0) is 21.1. The first-order valence-corrected chi connectivity index (χ1v) is 12.2. The third-order valence-electron chi connectivity index (χ3n) is 4.77. The van der Waals surface area contributed by atoms with Crippen molar-refractivity contribution in [3.63, 3.8) is 0 Å². The number of hydrogen-bond acceptors (Lipinski definition) is 5. The van der Waals surface area contributed by atoms with Crippen molar-refractivity contribution in [3.05, 3.63) is 54.1 Å². The lowest BCUT2D eigenvalue weighted by atomic mass is 10.0. The minimum absolute atomic E-state index is 0.0568. The van der Waals surface area contributed by atoms with E-state index >= 15 is 0 Å². The third-order valence-corrected chi connectivity index (χ3v) is 7.46. The summed E-state index contributed by atoms with van der Waals surface area (Å²) < 4.78 is 41.5.